The van der Waals surface area contributed by atoms with E-state index in [1.54, 1.807) is 0 Å². The molecule has 4 nitrogen and oxygen atoms in total. The molecule has 1 aliphatic heterocycles. The lowest BCUT2D eigenvalue weighted by Gasteiger charge is -2.23. The number of fused-ring (bicyclic) bond motifs is 1. The number of hydrogen-bond donors (Lipinski definition) is 1. The molecule has 0 radical (unpaired) electrons. The summed E-state index contributed by atoms with van der Waals surface area (Å²) in [6.07, 6.45) is 0. The molecule has 0 saturated carbocycles. The van der Waals surface area contributed by atoms with E-state index in [0.717, 1.165) is 35.7 Å². The highest BCUT2D eigenvalue weighted by molar-refractivity contribution is 6.07. The Morgan fingerprint density at radius 2 is 2.00 bits per heavy atom. The average Bonchev–Trinajstić information content (AvgIpc) is 2.69. The van der Waals surface area contributed by atoms with Crippen molar-refractivity contribution in [2.45, 2.75) is 20.4 Å². The first kappa shape index (κ1) is 13.8. The fraction of sp³-hybridized carbons (Fsp3) is 0.294. The summed E-state index contributed by atoms with van der Waals surface area (Å²) in [5, 5.41) is 3.35. The van der Waals surface area contributed by atoms with Gasteiger partial charge in [-0.1, -0.05) is 18.2 Å². The van der Waals surface area contributed by atoms with Crippen molar-refractivity contribution in [3.05, 3.63) is 58.9 Å². The standard InChI is InChI=1S/C17H19N3O/c1-12-7-8-15(13(2)19-12)17(21)20-10-9-18-11-14-5-3-4-6-16(14)20/h3-8,18H,9-11H2,1-2H3. The van der Waals surface area contributed by atoms with E-state index >= 15 is 0 Å². The van der Waals surface area contributed by atoms with Gasteiger partial charge in [-0.25, -0.2) is 0 Å². The highest BCUT2D eigenvalue weighted by atomic mass is 16.2. The number of aryl methyl sites for hydroxylation is 2. The Kier molecular flexibility index (Phi) is 3.71. The minimum Gasteiger partial charge on any atom is -0.311 e. The summed E-state index contributed by atoms with van der Waals surface area (Å²) in [7, 11) is 0. The van der Waals surface area contributed by atoms with Crippen LogP contribution in [0.5, 0.6) is 0 Å². The summed E-state index contributed by atoms with van der Waals surface area (Å²) >= 11 is 0. The van der Waals surface area contributed by atoms with Gasteiger partial charge < -0.3 is 10.2 Å². The van der Waals surface area contributed by atoms with E-state index in [1.165, 1.54) is 0 Å². The van der Waals surface area contributed by atoms with E-state index in [-0.39, 0.29) is 5.91 Å². The molecule has 4 heteroatoms. The van der Waals surface area contributed by atoms with Crippen LogP contribution in [0.25, 0.3) is 0 Å². The van der Waals surface area contributed by atoms with Crippen LogP contribution in [-0.4, -0.2) is 24.0 Å². The largest absolute Gasteiger partial charge is 0.311 e. The van der Waals surface area contributed by atoms with Crippen molar-refractivity contribution in [3.63, 3.8) is 0 Å². The van der Waals surface area contributed by atoms with Gasteiger partial charge in [-0.2, -0.15) is 0 Å². The van der Waals surface area contributed by atoms with Gasteiger partial charge in [0.2, 0.25) is 0 Å². The molecule has 0 unspecified atom stereocenters. The van der Waals surface area contributed by atoms with Crippen LogP contribution in [0.4, 0.5) is 5.69 Å². The number of aromatic nitrogens is 1. The fourth-order valence-electron chi connectivity index (χ4n) is 2.73. The number of carbonyl (C=O) groups excluding carboxylic acids is 1. The second kappa shape index (κ2) is 5.66. The Labute approximate surface area is 124 Å². The van der Waals surface area contributed by atoms with E-state index in [4.69, 9.17) is 0 Å². The Morgan fingerprint density at radius 3 is 2.81 bits per heavy atom. The molecule has 0 spiro atoms. The smallest absolute Gasteiger partial charge is 0.260 e. The van der Waals surface area contributed by atoms with E-state index in [1.807, 2.05) is 49.1 Å². The summed E-state index contributed by atoms with van der Waals surface area (Å²) in [6.45, 7) is 6.08. The van der Waals surface area contributed by atoms with Crippen LogP contribution in [0.2, 0.25) is 0 Å². The molecule has 1 N–H and O–H groups in total. The number of hydrogen-bond acceptors (Lipinski definition) is 3. The third kappa shape index (κ3) is 2.67. The molecule has 0 saturated heterocycles. The number of rotatable bonds is 1. The Balaban J connectivity index is 2.01. The van der Waals surface area contributed by atoms with Gasteiger partial charge in [0, 0.05) is 31.0 Å². The summed E-state index contributed by atoms with van der Waals surface area (Å²) in [6, 6.07) is 11.8. The average molecular weight is 281 g/mol. The quantitative estimate of drug-likeness (QED) is 0.873. The lowest BCUT2D eigenvalue weighted by molar-refractivity contribution is 0.0986. The summed E-state index contributed by atoms with van der Waals surface area (Å²) in [4.78, 5) is 19.2. The van der Waals surface area contributed by atoms with Crippen LogP contribution in [0.15, 0.2) is 36.4 Å². The third-order valence-corrected chi connectivity index (χ3v) is 3.81. The Bertz CT molecular complexity index is 681. The van der Waals surface area contributed by atoms with Crippen LogP contribution < -0.4 is 10.2 Å². The molecule has 0 fully saturated rings. The minimum atomic E-state index is 0.0242. The van der Waals surface area contributed by atoms with Gasteiger partial charge in [0.1, 0.15) is 0 Å². The van der Waals surface area contributed by atoms with Crippen molar-refractivity contribution < 1.29 is 4.79 Å². The minimum absolute atomic E-state index is 0.0242. The second-order valence-electron chi connectivity index (χ2n) is 5.35. The SMILES string of the molecule is Cc1ccc(C(=O)N2CCNCc3ccccc32)c(C)n1. The first-order valence-corrected chi connectivity index (χ1v) is 7.21. The maximum absolute atomic E-state index is 12.9. The highest BCUT2D eigenvalue weighted by Crippen LogP contribution is 2.24. The maximum Gasteiger partial charge on any atom is 0.260 e. The number of amides is 1. The number of carbonyl (C=O) groups is 1. The zero-order valence-electron chi connectivity index (χ0n) is 12.4. The molecule has 1 aromatic heterocycles. The molecule has 2 heterocycles. The van der Waals surface area contributed by atoms with E-state index in [2.05, 4.69) is 16.4 Å². The van der Waals surface area contributed by atoms with Gasteiger partial charge in [0.25, 0.3) is 5.91 Å². The lowest BCUT2D eigenvalue weighted by Crippen LogP contribution is -2.35. The maximum atomic E-state index is 12.9. The first-order chi connectivity index (χ1) is 10.2. The fourth-order valence-corrected chi connectivity index (χ4v) is 2.73. The van der Waals surface area contributed by atoms with Crippen molar-refractivity contribution in [2.75, 3.05) is 18.0 Å². The van der Waals surface area contributed by atoms with Crippen molar-refractivity contribution in [3.8, 4) is 0 Å². The van der Waals surface area contributed by atoms with E-state index in [0.29, 0.717) is 12.1 Å². The normalized spacial score (nSPS) is 14.5. The molecular formula is C17H19N3O. The summed E-state index contributed by atoms with van der Waals surface area (Å²) < 4.78 is 0. The summed E-state index contributed by atoms with van der Waals surface area (Å²) in [5.41, 5.74) is 4.54. The first-order valence-electron chi connectivity index (χ1n) is 7.21. The van der Waals surface area contributed by atoms with Gasteiger partial charge in [-0.15, -0.1) is 0 Å². The number of pyridine rings is 1. The molecule has 3 rings (SSSR count). The third-order valence-electron chi connectivity index (χ3n) is 3.81. The van der Waals surface area contributed by atoms with Crippen molar-refractivity contribution in [1.29, 1.82) is 0 Å². The van der Waals surface area contributed by atoms with Crippen molar-refractivity contribution in [2.24, 2.45) is 0 Å². The highest BCUT2D eigenvalue weighted by Gasteiger charge is 2.23. The molecule has 1 amide bonds. The van der Waals surface area contributed by atoms with Crippen molar-refractivity contribution >= 4 is 11.6 Å². The molecule has 2 aromatic rings. The molecule has 108 valence electrons. The second-order valence-corrected chi connectivity index (χ2v) is 5.35. The number of anilines is 1. The van der Waals surface area contributed by atoms with Crippen LogP contribution in [0, 0.1) is 13.8 Å². The molecule has 1 aliphatic rings. The molecule has 0 atom stereocenters. The van der Waals surface area contributed by atoms with Crippen LogP contribution in [0.1, 0.15) is 27.3 Å². The number of nitrogens with one attached hydrogen (secondary N) is 1. The van der Waals surface area contributed by atoms with E-state index < -0.39 is 0 Å². The molecule has 1 aromatic carbocycles. The van der Waals surface area contributed by atoms with Crippen molar-refractivity contribution in [1.82, 2.24) is 10.3 Å². The summed E-state index contributed by atoms with van der Waals surface area (Å²) in [5.74, 6) is 0.0242. The lowest BCUT2D eigenvalue weighted by atomic mass is 10.1. The topological polar surface area (TPSA) is 45.2 Å². The zero-order chi connectivity index (χ0) is 14.8. The van der Waals surface area contributed by atoms with Gasteiger partial charge in [-0.3, -0.25) is 9.78 Å². The Hall–Kier alpha value is -2.20. The predicted octanol–water partition coefficient (Wildman–Crippen LogP) is 2.45. The van der Waals surface area contributed by atoms with Crippen LogP contribution in [-0.2, 0) is 6.54 Å². The number of para-hydroxylation sites is 1. The van der Waals surface area contributed by atoms with Gasteiger partial charge in [0.05, 0.1) is 11.3 Å². The van der Waals surface area contributed by atoms with Crippen LogP contribution >= 0.6 is 0 Å². The van der Waals surface area contributed by atoms with E-state index in [9.17, 15) is 4.79 Å². The molecule has 21 heavy (non-hydrogen) atoms. The Morgan fingerprint density at radius 1 is 1.19 bits per heavy atom. The van der Waals surface area contributed by atoms with Gasteiger partial charge >= 0.3 is 0 Å². The molecule has 0 aliphatic carbocycles. The zero-order valence-corrected chi connectivity index (χ0v) is 12.4. The monoisotopic (exact) mass is 281 g/mol. The predicted molar refractivity (Wildman–Crippen MR) is 83.5 cm³/mol. The molecular weight excluding hydrogens is 262 g/mol. The van der Waals surface area contributed by atoms with Gasteiger partial charge in [0.15, 0.2) is 0 Å². The van der Waals surface area contributed by atoms with Gasteiger partial charge in [-0.05, 0) is 37.6 Å². The number of nitrogens with zero attached hydrogens (tertiary/aromatic N) is 2. The molecule has 0 bridgehead atoms. The number of benzene rings is 1. The van der Waals surface area contributed by atoms with Crippen LogP contribution in [0.3, 0.4) is 0 Å².